The molecule has 1 rings (SSSR count). The van der Waals surface area contributed by atoms with Gasteiger partial charge in [0.1, 0.15) is 6.04 Å². The van der Waals surface area contributed by atoms with E-state index >= 15 is 0 Å². The van der Waals surface area contributed by atoms with Gasteiger partial charge >= 0.3 is 5.97 Å². The Bertz CT molecular complexity index is 505. The van der Waals surface area contributed by atoms with Gasteiger partial charge in [0, 0.05) is 0 Å². The minimum atomic E-state index is -1.02. The van der Waals surface area contributed by atoms with Crippen molar-refractivity contribution < 1.29 is 9.90 Å². The van der Waals surface area contributed by atoms with Crippen LogP contribution >= 0.6 is 0 Å². The summed E-state index contributed by atoms with van der Waals surface area (Å²) in [6, 6.07) is 6.67. The molecule has 1 atom stereocenters. The molecule has 3 nitrogen and oxygen atoms in total. The molecule has 16 heavy (non-hydrogen) atoms. The summed E-state index contributed by atoms with van der Waals surface area (Å²) in [5.74, 6) is -1.02. The van der Waals surface area contributed by atoms with Crippen LogP contribution in [0.15, 0.2) is 36.4 Å². The third-order valence-electron chi connectivity index (χ3n) is 2.21. The van der Waals surface area contributed by atoms with E-state index in [1.54, 1.807) is 0 Å². The molecule has 3 N–H and O–H groups in total. The molecule has 0 amide bonds. The number of aliphatic carboxylic acids is 1. The van der Waals surface area contributed by atoms with Gasteiger partial charge in [-0.3, -0.25) is 4.79 Å². The van der Waals surface area contributed by atoms with Crippen LogP contribution in [0.5, 0.6) is 0 Å². The molecule has 84 valence electrons. The Hall–Kier alpha value is -1.87. The summed E-state index contributed by atoms with van der Waals surface area (Å²) in [6.45, 7) is 7.65. The Kier molecular flexibility index (Phi) is 4.03. The predicted octanol–water partition coefficient (Wildman–Crippen LogP) is 0.236. The zero-order valence-electron chi connectivity index (χ0n) is 9.02. The maximum Gasteiger partial charge on any atom is 0.320 e. The average Bonchev–Trinajstić information content (AvgIpc) is 2.21. The fourth-order valence-electron chi connectivity index (χ4n) is 1.32. The molecule has 0 heterocycles. The van der Waals surface area contributed by atoms with Gasteiger partial charge < -0.3 is 10.8 Å². The summed E-state index contributed by atoms with van der Waals surface area (Å²) < 4.78 is 0. The lowest BCUT2D eigenvalue weighted by molar-refractivity contribution is -0.138. The smallest absolute Gasteiger partial charge is 0.320 e. The Balaban J connectivity index is 2.86. The Morgan fingerprint density at radius 1 is 1.50 bits per heavy atom. The topological polar surface area (TPSA) is 63.3 Å². The maximum atomic E-state index is 10.6. The van der Waals surface area contributed by atoms with Crippen molar-refractivity contribution in [1.29, 1.82) is 0 Å². The van der Waals surface area contributed by atoms with Gasteiger partial charge in [-0.2, -0.15) is 0 Å². The lowest BCUT2D eigenvalue weighted by atomic mass is 10.1. The number of carboxylic acid groups (broad SMARTS) is 1. The van der Waals surface area contributed by atoms with E-state index in [2.05, 4.69) is 13.2 Å². The number of nitrogens with two attached hydrogens (primary N) is 1. The first-order valence-corrected chi connectivity index (χ1v) is 4.92. The monoisotopic (exact) mass is 217 g/mol. The summed E-state index contributed by atoms with van der Waals surface area (Å²) in [7, 11) is 0. The second-order valence-electron chi connectivity index (χ2n) is 3.65. The van der Waals surface area contributed by atoms with Crippen molar-refractivity contribution in [1.82, 2.24) is 0 Å². The van der Waals surface area contributed by atoms with Crippen LogP contribution in [0.4, 0.5) is 0 Å². The molecule has 0 aliphatic heterocycles. The van der Waals surface area contributed by atoms with Crippen LogP contribution in [0.3, 0.4) is 0 Å². The molecular weight excluding hydrogens is 202 g/mol. The highest BCUT2D eigenvalue weighted by Gasteiger charge is 2.11. The van der Waals surface area contributed by atoms with Crippen molar-refractivity contribution in [2.45, 2.75) is 12.5 Å². The molecule has 0 saturated heterocycles. The van der Waals surface area contributed by atoms with Crippen molar-refractivity contribution in [3.8, 4) is 0 Å². The van der Waals surface area contributed by atoms with Gasteiger partial charge in [-0.25, -0.2) is 0 Å². The fraction of sp³-hybridized carbons (Fsp3) is 0.154. The molecule has 0 aliphatic rings. The van der Waals surface area contributed by atoms with Crippen LogP contribution in [0, 0.1) is 0 Å². The molecule has 1 aromatic rings. The quantitative estimate of drug-likeness (QED) is 0.759. The zero-order valence-corrected chi connectivity index (χ0v) is 9.02. The Morgan fingerprint density at radius 3 is 2.69 bits per heavy atom. The second-order valence-corrected chi connectivity index (χ2v) is 3.65. The predicted molar refractivity (Wildman–Crippen MR) is 65.0 cm³/mol. The van der Waals surface area contributed by atoms with Crippen molar-refractivity contribution in [3.05, 3.63) is 46.9 Å². The lowest BCUT2D eigenvalue weighted by Crippen LogP contribution is -2.30. The van der Waals surface area contributed by atoms with Crippen molar-refractivity contribution in [3.63, 3.8) is 0 Å². The van der Waals surface area contributed by atoms with Crippen LogP contribution in [0.2, 0.25) is 0 Å². The third kappa shape index (κ3) is 3.37. The largest absolute Gasteiger partial charge is 0.480 e. The molecule has 0 radical (unpaired) electrons. The van der Waals surface area contributed by atoms with Gasteiger partial charge in [-0.05, 0) is 16.9 Å². The van der Waals surface area contributed by atoms with E-state index in [-0.39, 0.29) is 6.42 Å². The highest BCUT2D eigenvalue weighted by molar-refractivity contribution is 5.74. The number of carbonyl (C=O) groups is 1. The normalized spacial score (nSPS) is 13.4. The minimum Gasteiger partial charge on any atom is -0.480 e. The van der Waals surface area contributed by atoms with Crippen molar-refractivity contribution >= 4 is 18.6 Å². The molecule has 0 saturated carbocycles. The summed E-state index contributed by atoms with van der Waals surface area (Å²) in [6.07, 6.45) is 2.05. The molecule has 0 bridgehead atoms. The van der Waals surface area contributed by atoms with Crippen LogP contribution in [-0.4, -0.2) is 17.1 Å². The van der Waals surface area contributed by atoms with Gasteiger partial charge in [0.2, 0.25) is 0 Å². The highest BCUT2D eigenvalue weighted by Crippen LogP contribution is 2.02. The molecule has 1 unspecified atom stereocenters. The van der Waals surface area contributed by atoms with Gasteiger partial charge in [-0.15, -0.1) is 0 Å². The van der Waals surface area contributed by atoms with Crippen LogP contribution in [0.25, 0.3) is 12.7 Å². The van der Waals surface area contributed by atoms with E-state index in [1.807, 2.05) is 30.3 Å². The maximum absolute atomic E-state index is 10.6. The summed E-state index contributed by atoms with van der Waals surface area (Å²) in [5, 5.41) is 10.5. The second kappa shape index (κ2) is 5.28. The lowest BCUT2D eigenvalue weighted by Gasteiger charge is -2.05. The highest BCUT2D eigenvalue weighted by atomic mass is 16.4. The summed E-state index contributed by atoms with van der Waals surface area (Å²) in [5.41, 5.74) is 6.10. The average molecular weight is 217 g/mol. The first-order chi connectivity index (χ1) is 7.50. The fourth-order valence-corrected chi connectivity index (χ4v) is 1.32. The van der Waals surface area contributed by atoms with Gasteiger partial charge in [0.25, 0.3) is 0 Å². The minimum absolute atomic E-state index is 0.240. The van der Waals surface area contributed by atoms with Gasteiger partial charge in [0.05, 0.1) is 0 Å². The van der Waals surface area contributed by atoms with Gasteiger partial charge in [-0.1, -0.05) is 49.1 Å². The molecule has 0 spiro atoms. The van der Waals surface area contributed by atoms with E-state index in [4.69, 9.17) is 10.8 Å². The molecule has 3 heteroatoms. The standard InChI is InChI=1S/C13H15NO2/c1-9(8-12(14)13(15)16)7-11-6-4-3-5-10(11)2/h3-7,12H,1-2,8,14H2,(H,15,16)/b11-7-. The molecule has 0 aromatic heterocycles. The van der Waals surface area contributed by atoms with Crippen LogP contribution in [-0.2, 0) is 4.79 Å². The SMILES string of the molecule is C=C(/C=c1/ccccc1=C)CC(N)C(=O)O. The molecule has 0 fully saturated rings. The Labute approximate surface area is 94.2 Å². The molecule has 0 aliphatic carbocycles. The first-order valence-electron chi connectivity index (χ1n) is 4.92. The zero-order chi connectivity index (χ0) is 12.1. The number of hydrogen-bond acceptors (Lipinski definition) is 2. The van der Waals surface area contributed by atoms with Gasteiger partial charge in [0.15, 0.2) is 0 Å². The van der Waals surface area contributed by atoms with E-state index < -0.39 is 12.0 Å². The van der Waals surface area contributed by atoms with Crippen LogP contribution < -0.4 is 16.2 Å². The summed E-state index contributed by atoms with van der Waals surface area (Å²) >= 11 is 0. The third-order valence-corrected chi connectivity index (χ3v) is 2.21. The summed E-state index contributed by atoms with van der Waals surface area (Å²) in [4.78, 5) is 10.6. The van der Waals surface area contributed by atoms with E-state index in [0.717, 1.165) is 10.4 Å². The van der Waals surface area contributed by atoms with E-state index in [0.29, 0.717) is 5.57 Å². The van der Waals surface area contributed by atoms with Crippen molar-refractivity contribution in [2.24, 2.45) is 5.73 Å². The number of carboxylic acids is 1. The Morgan fingerprint density at radius 2 is 2.12 bits per heavy atom. The number of benzene rings is 1. The van der Waals surface area contributed by atoms with E-state index in [9.17, 15) is 4.79 Å². The van der Waals surface area contributed by atoms with Crippen LogP contribution in [0.1, 0.15) is 6.42 Å². The molecular formula is C13H15NO2. The molecule has 1 aromatic carbocycles. The number of hydrogen-bond donors (Lipinski definition) is 2. The van der Waals surface area contributed by atoms with Crippen molar-refractivity contribution in [2.75, 3.05) is 0 Å². The number of rotatable bonds is 4. The van der Waals surface area contributed by atoms with E-state index in [1.165, 1.54) is 0 Å². The first kappa shape index (κ1) is 12.2.